The number of nitrogens with zero attached hydrogens (tertiary/aromatic N) is 3. The Kier molecular flexibility index (Phi) is 2.55. The van der Waals surface area contributed by atoms with Crippen LogP contribution in [0.2, 0.25) is 0 Å². The molecule has 7 nitrogen and oxygen atoms in total. The minimum atomic E-state index is -0.287. The minimum Gasteiger partial charge on any atom is -0.406 e. The fourth-order valence-corrected chi connectivity index (χ4v) is 1.34. The lowest BCUT2D eigenvalue weighted by Gasteiger charge is -2.24. The first-order valence-electron chi connectivity index (χ1n) is 4.77. The van der Waals surface area contributed by atoms with Crippen LogP contribution in [0.5, 0.6) is 0 Å². The lowest BCUT2D eigenvalue weighted by Crippen LogP contribution is -2.47. The van der Waals surface area contributed by atoms with E-state index in [0.717, 1.165) is 0 Å². The molecule has 1 unspecified atom stereocenters. The maximum atomic E-state index is 11.1. The summed E-state index contributed by atoms with van der Waals surface area (Å²) in [6.45, 7) is 3.28. The van der Waals surface area contributed by atoms with Crippen molar-refractivity contribution in [3.63, 3.8) is 0 Å². The Hall–Kier alpha value is -1.63. The van der Waals surface area contributed by atoms with Crippen LogP contribution in [-0.2, 0) is 4.79 Å². The second-order valence-corrected chi connectivity index (χ2v) is 3.48. The van der Waals surface area contributed by atoms with Gasteiger partial charge in [0.15, 0.2) is 0 Å². The van der Waals surface area contributed by atoms with Crippen LogP contribution in [0.4, 0.5) is 6.01 Å². The number of nitrogens with one attached hydrogen (secondary N) is 1. The molecule has 15 heavy (non-hydrogen) atoms. The van der Waals surface area contributed by atoms with E-state index in [-0.39, 0.29) is 18.5 Å². The molecular weight excluding hydrogens is 198 g/mol. The van der Waals surface area contributed by atoms with Gasteiger partial charge in [-0.3, -0.25) is 4.79 Å². The van der Waals surface area contributed by atoms with Crippen LogP contribution in [0, 0.1) is 0 Å². The van der Waals surface area contributed by atoms with Crippen LogP contribution >= 0.6 is 0 Å². The number of rotatable bonds is 2. The first kappa shape index (κ1) is 9.91. The van der Waals surface area contributed by atoms with Crippen molar-refractivity contribution in [2.75, 3.05) is 24.5 Å². The average molecular weight is 211 g/mol. The molecule has 0 aromatic carbocycles. The molecule has 1 aliphatic rings. The number of anilines is 1. The summed E-state index contributed by atoms with van der Waals surface area (Å²) in [5, 5.41) is 10.4. The van der Waals surface area contributed by atoms with Crippen molar-refractivity contribution in [2.45, 2.75) is 13.0 Å². The van der Waals surface area contributed by atoms with Crippen molar-refractivity contribution in [3.05, 3.63) is 5.89 Å². The maximum Gasteiger partial charge on any atom is 0.318 e. The molecule has 2 heterocycles. The van der Waals surface area contributed by atoms with Gasteiger partial charge in [-0.15, -0.1) is 5.10 Å². The monoisotopic (exact) mass is 211 g/mol. The Morgan fingerprint density at radius 2 is 2.40 bits per heavy atom. The zero-order valence-electron chi connectivity index (χ0n) is 8.43. The molecule has 82 valence electrons. The van der Waals surface area contributed by atoms with Crippen LogP contribution in [-0.4, -0.2) is 35.7 Å². The van der Waals surface area contributed by atoms with E-state index in [9.17, 15) is 4.79 Å². The van der Waals surface area contributed by atoms with E-state index in [4.69, 9.17) is 10.2 Å². The molecule has 1 saturated heterocycles. The first-order valence-corrected chi connectivity index (χ1v) is 4.77. The predicted octanol–water partition coefficient (Wildman–Crippen LogP) is -0.974. The summed E-state index contributed by atoms with van der Waals surface area (Å²) in [6, 6.07) is 0.0713. The summed E-state index contributed by atoms with van der Waals surface area (Å²) in [5.41, 5.74) is 5.59. The topological polar surface area (TPSA) is 97.3 Å². The standard InChI is InChI=1S/C8H13N5O2/c1-5(9)7-11-12-8(15-7)13-3-2-10-6(14)4-13/h5H,2-4,9H2,1H3,(H,10,14). The zero-order valence-corrected chi connectivity index (χ0v) is 8.43. The quantitative estimate of drug-likeness (QED) is 0.653. The summed E-state index contributed by atoms with van der Waals surface area (Å²) in [5.74, 6) is 0.345. The highest BCUT2D eigenvalue weighted by atomic mass is 16.4. The lowest BCUT2D eigenvalue weighted by molar-refractivity contribution is -0.120. The van der Waals surface area contributed by atoms with Gasteiger partial charge in [-0.1, -0.05) is 5.10 Å². The van der Waals surface area contributed by atoms with Gasteiger partial charge in [0.2, 0.25) is 11.8 Å². The number of amides is 1. The number of hydrogen-bond acceptors (Lipinski definition) is 6. The van der Waals surface area contributed by atoms with E-state index >= 15 is 0 Å². The van der Waals surface area contributed by atoms with Gasteiger partial charge >= 0.3 is 6.01 Å². The second-order valence-electron chi connectivity index (χ2n) is 3.48. The fourth-order valence-electron chi connectivity index (χ4n) is 1.34. The molecule has 2 rings (SSSR count). The molecule has 7 heteroatoms. The van der Waals surface area contributed by atoms with E-state index in [2.05, 4.69) is 15.5 Å². The first-order chi connectivity index (χ1) is 7.16. The Labute approximate surface area is 86.6 Å². The molecule has 0 aliphatic carbocycles. The van der Waals surface area contributed by atoms with E-state index in [1.807, 2.05) is 0 Å². The number of aromatic nitrogens is 2. The molecular formula is C8H13N5O2. The van der Waals surface area contributed by atoms with E-state index in [0.29, 0.717) is 25.0 Å². The van der Waals surface area contributed by atoms with Crippen LogP contribution in [0.3, 0.4) is 0 Å². The Morgan fingerprint density at radius 1 is 1.60 bits per heavy atom. The van der Waals surface area contributed by atoms with Crippen LogP contribution < -0.4 is 16.0 Å². The predicted molar refractivity (Wildman–Crippen MR) is 52.1 cm³/mol. The van der Waals surface area contributed by atoms with Crippen LogP contribution in [0.1, 0.15) is 18.9 Å². The average Bonchev–Trinajstić information content (AvgIpc) is 2.66. The molecule has 0 saturated carbocycles. The minimum absolute atomic E-state index is 0.0400. The SMILES string of the molecule is CC(N)c1nnc(N2CCNC(=O)C2)o1. The highest BCUT2D eigenvalue weighted by molar-refractivity contribution is 5.81. The van der Waals surface area contributed by atoms with Crippen molar-refractivity contribution >= 4 is 11.9 Å². The lowest BCUT2D eigenvalue weighted by atomic mass is 10.4. The number of carbonyl (C=O) groups excluding carboxylic acids is 1. The van der Waals surface area contributed by atoms with Crippen molar-refractivity contribution in [3.8, 4) is 0 Å². The normalized spacial score (nSPS) is 18.8. The molecule has 1 fully saturated rings. The van der Waals surface area contributed by atoms with E-state index in [1.165, 1.54) is 0 Å². The number of hydrogen-bond donors (Lipinski definition) is 2. The molecule has 1 aromatic rings. The van der Waals surface area contributed by atoms with Crippen molar-refractivity contribution in [1.29, 1.82) is 0 Å². The van der Waals surface area contributed by atoms with Crippen molar-refractivity contribution in [1.82, 2.24) is 15.5 Å². The van der Waals surface area contributed by atoms with Crippen LogP contribution in [0.25, 0.3) is 0 Å². The zero-order chi connectivity index (χ0) is 10.8. The molecule has 1 amide bonds. The molecule has 0 spiro atoms. The van der Waals surface area contributed by atoms with Gasteiger partial charge < -0.3 is 20.4 Å². The third-order valence-electron chi connectivity index (χ3n) is 2.13. The summed E-state index contributed by atoms with van der Waals surface area (Å²) < 4.78 is 5.33. The number of nitrogens with two attached hydrogens (primary N) is 1. The summed E-state index contributed by atoms with van der Waals surface area (Å²) in [4.78, 5) is 12.9. The van der Waals surface area contributed by atoms with Crippen molar-refractivity contribution in [2.24, 2.45) is 5.73 Å². The van der Waals surface area contributed by atoms with Crippen molar-refractivity contribution < 1.29 is 9.21 Å². The summed E-state index contributed by atoms with van der Waals surface area (Å²) >= 11 is 0. The van der Waals surface area contributed by atoms with E-state index in [1.54, 1.807) is 11.8 Å². The molecule has 1 aliphatic heterocycles. The molecule has 0 bridgehead atoms. The molecule has 3 N–H and O–H groups in total. The van der Waals surface area contributed by atoms with Gasteiger partial charge in [0.25, 0.3) is 0 Å². The second kappa shape index (κ2) is 3.85. The van der Waals surface area contributed by atoms with Crippen LogP contribution in [0.15, 0.2) is 4.42 Å². The largest absolute Gasteiger partial charge is 0.406 e. The van der Waals surface area contributed by atoms with Gasteiger partial charge in [-0.05, 0) is 6.92 Å². The fraction of sp³-hybridized carbons (Fsp3) is 0.625. The highest BCUT2D eigenvalue weighted by Crippen LogP contribution is 2.15. The van der Waals surface area contributed by atoms with Gasteiger partial charge in [-0.25, -0.2) is 0 Å². The number of carbonyl (C=O) groups is 1. The van der Waals surface area contributed by atoms with E-state index < -0.39 is 0 Å². The third-order valence-corrected chi connectivity index (χ3v) is 2.13. The molecule has 1 atom stereocenters. The van der Waals surface area contributed by atoms with Gasteiger partial charge in [-0.2, -0.15) is 0 Å². The molecule has 1 aromatic heterocycles. The Morgan fingerprint density at radius 3 is 3.00 bits per heavy atom. The number of piperazine rings is 1. The Bertz CT molecular complexity index is 362. The van der Waals surface area contributed by atoms with Gasteiger partial charge in [0, 0.05) is 13.1 Å². The smallest absolute Gasteiger partial charge is 0.318 e. The van der Waals surface area contributed by atoms with Gasteiger partial charge in [0.1, 0.15) is 6.54 Å². The Balaban J connectivity index is 2.11. The van der Waals surface area contributed by atoms with Gasteiger partial charge in [0.05, 0.1) is 6.04 Å². The third kappa shape index (κ3) is 2.07. The summed E-state index contributed by atoms with van der Waals surface area (Å²) in [6.07, 6.45) is 0. The summed E-state index contributed by atoms with van der Waals surface area (Å²) in [7, 11) is 0. The highest BCUT2D eigenvalue weighted by Gasteiger charge is 2.21. The maximum absolute atomic E-state index is 11.1. The molecule has 0 radical (unpaired) electrons.